The Morgan fingerprint density at radius 2 is 1.65 bits per heavy atom. The molecule has 4 aromatic rings. The predicted octanol–water partition coefficient (Wildman–Crippen LogP) is 6.08. The molecule has 1 aromatic heterocycles. The number of hydrogen-bond acceptors (Lipinski definition) is 5. The third kappa shape index (κ3) is 5.65. The first-order valence-corrected chi connectivity index (χ1v) is 12.7. The Morgan fingerprint density at radius 3 is 2.38 bits per heavy atom. The molecule has 37 heavy (non-hydrogen) atoms. The summed E-state index contributed by atoms with van der Waals surface area (Å²) in [6.07, 6.45) is 4.67. The van der Waals surface area contributed by atoms with E-state index in [0.29, 0.717) is 13.1 Å². The highest BCUT2D eigenvalue weighted by molar-refractivity contribution is 5.91. The van der Waals surface area contributed by atoms with Crippen molar-refractivity contribution in [3.05, 3.63) is 121 Å². The number of aromatic nitrogens is 1. The van der Waals surface area contributed by atoms with Gasteiger partial charge in [-0.05, 0) is 35.4 Å². The van der Waals surface area contributed by atoms with Crippen LogP contribution in [-0.2, 0) is 16.9 Å². The molecule has 188 valence electrons. The van der Waals surface area contributed by atoms with Gasteiger partial charge in [0.05, 0.1) is 6.17 Å². The van der Waals surface area contributed by atoms with E-state index < -0.39 is 0 Å². The van der Waals surface area contributed by atoms with Crippen LogP contribution in [0.1, 0.15) is 24.0 Å². The summed E-state index contributed by atoms with van der Waals surface area (Å²) in [6, 6.07) is 30.4. The number of carbonyl (C=O) groups excluding carboxylic acids is 1. The number of pyridine rings is 1. The third-order valence-electron chi connectivity index (χ3n) is 7.04. The van der Waals surface area contributed by atoms with Gasteiger partial charge < -0.3 is 15.0 Å². The van der Waals surface area contributed by atoms with E-state index in [1.807, 2.05) is 66.9 Å². The summed E-state index contributed by atoms with van der Waals surface area (Å²) in [7, 11) is 0. The quantitative estimate of drug-likeness (QED) is 0.231. The van der Waals surface area contributed by atoms with Crippen molar-refractivity contribution >= 4 is 22.7 Å². The largest absolute Gasteiger partial charge is 0.445 e. The fourth-order valence-corrected chi connectivity index (χ4v) is 4.99. The van der Waals surface area contributed by atoms with Crippen molar-refractivity contribution in [2.24, 2.45) is 0 Å². The van der Waals surface area contributed by atoms with Crippen molar-refractivity contribution in [1.82, 2.24) is 15.2 Å². The zero-order chi connectivity index (χ0) is 25.5. The van der Waals surface area contributed by atoms with Crippen LogP contribution in [0, 0.1) is 0 Å². The van der Waals surface area contributed by atoms with Crippen molar-refractivity contribution in [3.63, 3.8) is 0 Å². The number of rotatable bonds is 8. The third-order valence-corrected chi connectivity index (χ3v) is 7.04. The molecular formula is C31H32N4O2. The lowest BCUT2D eigenvalue weighted by atomic mass is 9.80. The van der Waals surface area contributed by atoms with Gasteiger partial charge in [0.15, 0.2) is 0 Å². The molecule has 2 N–H and O–H groups in total. The van der Waals surface area contributed by atoms with Gasteiger partial charge in [-0.3, -0.25) is 5.32 Å². The Morgan fingerprint density at radius 1 is 0.973 bits per heavy atom. The average molecular weight is 493 g/mol. The van der Waals surface area contributed by atoms with E-state index in [9.17, 15) is 4.79 Å². The molecule has 2 heterocycles. The van der Waals surface area contributed by atoms with Gasteiger partial charge in [0.1, 0.15) is 12.4 Å². The number of anilines is 1. The van der Waals surface area contributed by atoms with E-state index in [4.69, 9.17) is 4.74 Å². The van der Waals surface area contributed by atoms with E-state index in [1.54, 1.807) is 4.90 Å². The number of amides is 1. The van der Waals surface area contributed by atoms with E-state index in [1.165, 1.54) is 5.56 Å². The lowest BCUT2D eigenvalue weighted by molar-refractivity contribution is 0.0708. The first-order valence-electron chi connectivity index (χ1n) is 12.7. The van der Waals surface area contributed by atoms with E-state index >= 15 is 0 Å². The summed E-state index contributed by atoms with van der Waals surface area (Å²) in [5.41, 5.74) is 1.83. The normalized spacial score (nSPS) is 15.6. The van der Waals surface area contributed by atoms with Crippen molar-refractivity contribution < 1.29 is 9.53 Å². The molecule has 6 nitrogen and oxygen atoms in total. The lowest BCUT2D eigenvalue weighted by Crippen LogP contribution is -2.56. The molecule has 1 fully saturated rings. The maximum Gasteiger partial charge on any atom is 0.410 e. The molecule has 6 heteroatoms. The monoisotopic (exact) mass is 492 g/mol. The smallest absolute Gasteiger partial charge is 0.410 e. The Kier molecular flexibility index (Phi) is 7.47. The Hall–Kier alpha value is -4.16. The van der Waals surface area contributed by atoms with Gasteiger partial charge in [-0.25, -0.2) is 9.78 Å². The number of carbonyl (C=O) groups is 1. The molecule has 0 saturated carbocycles. The van der Waals surface area contributed by atoms with Gasteiger partial charge in [-0.2, -0.15) is 0 Å². The second-order valence-corrected chi connectivity index (χ2v) is 9.36. The highest BCUT2D eigenvalue weighted by atomic mass is 16.6. The van der Waals surface area contributed by atoms with Gasteiger partial charge in [-0.15, -0.1) is 0 Å². The fourth-order valence-electron chi connectivity index (χ4n) is 4.99. The van der Waals surface area contributed by atoms with Gasteiger partial charge >= 0.3 is 6.09 Å². The molecule has 0 radical (unpaired) electrons. The van der Waals surface area contributed by atoms with Crippen LogP contribution in [0.15, 0.2) is 110 Å². The summed E-state index contributed by atoms with van der Waals surface area (Å²) in [5, 5.41) is 9.54. The van der Waals surface area contributed by atoms with Gasteiger partial charge in [0.2, 0.25) is 0 Å². The van der Waals surface area contributed by atoms with Crippen LogP contribution in [0.4, 0.5) is 10.6 Å². The maximum absolute atomic E-state index is 12.8. The number of likely N-dealkylation sites (tertiary alicyclic amines) is 1. The van der Waals surface area contributed by atoms with Crippen LogP contribution in [-0.4, -0.2) is 35.2 Å². The summed E-state index contributed by atoms with van der Waals surface area (Å²) in [4.78, 5) is 19.2. The summed E-state index contributed by atoms with van der Waals surface area (Å²) in [5.74, 6) is 0.806. The van der Waals surface area contributed by atoms with E-state index in [-0.39, 0.29) is 24.4 Å². The zero-order valence-electron chi connectivity index (χ0n) is 20.8. The molecule has 1 atom stereocenters. The van der Waals surface area contributed by atoms with E-state index in [0.717, 1.165) is 35.0 Å². The molecule has 1 amide bonds. The molecule has 1 saturated heterocycles. The predicted molar refractivity (Wildman–Crippen MR) is 148 cm³/mol. The van der Waals surface area contributed by atoms with Crippen molar-refractivity contribution in [1.29, 1.82) is 0 Å². The molecule has 5 rings (SSSR count). The number of ether oxygens (including phenoxy) is 1. The minimum atomic E-state index is -0.339. The SMILES string of the molecule is C=CC(Nc1nccc2ccccc12)NC1(c2ccccc2)CCN(C(=O)OCc2ccccc2)CC1. The number of fused-ring (bicyclic) bond motifs is 1. The number of piperidine rings is 1. The minimum Gasteiger partial charge on any atom is -0.445 e. The molecule has 3 aromatic carbocycles. The second kappa shape index (κ2) is 11.3. The Bertz CT molecular complexity index is 1330. The Balaban J connectivity index is 1.31. The number of hydrogen-bond donors (Lipinski definition) is 2. The molecule has 0 aliphatic carbocycles. The van der Waals surface area contributed by atoms with Crippen LogP contribution in [0.5, 0.6) is 0 Å². The van der Waals surface area contributed by atoms with E-state index in [2.05, 4.69) is 58.6 Å². The van der Waals surface area contributed by atoms with Gasteiger partial charge in [0, 0.05) is 30.2 Å². The van der Waals surface area contributed by atoms with Crippen LogP contribution in [0.2, 0.25) is 0 Å². The van der Waals surface area contributed by atoms with Gasteiger partial charge in [0.25, 0.3) is 0 Å². The summed E-state index contributed by atoms with van der Waals surface area (Å²) < 4.78 is 5.59. The highest BCUT2D eigenvalue weighted by Gasteiger charge is 2.39. The van der Waals surface area contributed by atoms with Crippen molar-refractivity contribution in [2.45, 2.75) is 31.2 Å². The molecule has 1 aliphatic heterocycles. The average Bonchev–Trinajstić information content (AvgIpc) is 2.97. The van der Waals surface area contributed by atoms with Crippen LogP contribution < -0.4 is 10.6 Å². The first-order chi connectivity index (χ1) is 18.2. The van der Waals surface area contributed by atoms with Crippen LogP contribution in [0.25, 0.3) is 10.8 Å². The maximum atomic E-state index is 12.8. The molecule has 1 unspecified atom stereocenters. The first kappa shape index (κ1) is 24.5. The topological polar surface area (TPSA) is 66.5 Å². The Labute approximate surface area is 218 Å². The number of nitrogens with zero attached hydrogens (tertiary/aromatic N) is 2. The van der Waals surface area contributed by atoms with Gasteiger partial charge in [-0.1, -0.05) is 97.6 Å². The summed E-state index contributed by atoms with van der Waals surface area (Å²) >= 11 is 0. The molecule has 0 bridgehead atoms. The van der Waals surface area contributed by atoms with Crippen molar-refractivity contribution in [2.75, 3.05) is 18.4 Å². The zero-order valence-corrected chi connectivity index (χ0v) is 20.8. The summed E-state index contributed by atoms with van der Waals surface area (Å²) in [6.45, 7) is 5.54. The number of benzene rings is 3. The highest BCUT2D eigenvalue weighted by Crippen LogP contribution is 2.34. The standard InChI is InChI=1S/C31H32N4O2/c1-2-28(33-29-27-16-10-9-13-25(27)17-20-32-29)34-31(26-14-7-4-8-15-26)18-21-35(22-19-31)30(36)37-23-24-11-5-3-6-12-24/h2-17,20,28,34H,1,18-19,21-23H2,(H,32,33). The van der Waals surface area contributed by atoms with Crippen molar-refractivity contribution in [3.8, 4) is 0 Å². The minimum absolute atomic E-state index is 0.227. The molecular weight excluding hydrogens is 460 g/mol. The fraction of sp³-hybridized carbons (Fsp3) is 0.226. The lowest BCUT2D eigenvalue weighted by Gasteiger charge is -2.44. The number of nitrogens with one attached hydrogen (secondary N) is 2. The van der Waals surface area contributed by atoms with Crippen LogP contribution in [0.3, 0.4) is 0 Å². The van der Waals surface area contributed by atoms with Crippen LogP contribution >= 0.6 is 0 Å². The second-order valence-electron chi connectivity index (χ2n) is 9.36. The molecule has 0 spiro atoms. The molecule has 1 aliphatic rings.